The number of benzene rings is 2. The Hall–Kier alpha value is -3.30. The minimum Gasteiger partial charge on any atom is -0.494 e. The minimum atomic E-state index is -0.449. The number of ether oxygens (including phenoxy) is 1. The Bertz CT molecular complexity index is 1120. The molecule has 1 amide bonds. The lowest BCUT2D eigenvalue weighted by atomic mass is 10.1. The molecule has 5 nitrogen and oxygen atoms in total. The van der Waals surface area contributed by atoms with E-state index >= 15 is 0 Å². The molecule has 1 aromatic heterocycles. The van der Waals surface area contributed by atoms with Crippen LogP contribution in [-0.4, -0.2) is 17.1 Å². The first-order chi connectivity index (χ1) is 14.4. The van der Waals surface area contributed by atoms with E-state index in [0.717, 1.165) is 32.9 Å². The highest BCUT2D eigenvalue weighted by molar-refractivity contribution is 9.10. The number of halogens is 1. The van der Waals surface area contributed by atoms with Gasteiger partial charge in [-0.15, -0.1) is 0 Å². The molecule has 0 aliphatic heterocycles. The fourth-order valence-corrected chi connectivity index (χ4v) is 3.49. The van der Waals surface area contributed by atoms with Gasteiger partial charge in [-0.2, -0.15) is 5.26 Å². The topological polar surface area (TPSA) is 67.0 Å². The minimum absolute atomic E-state index is 0.0416. The standard InChI is InChI=1S/C24H22BrN3O2/c1-4-30-23-11-7-21(8-12-23)27-24(29)19(15-26)14-18-13-16(2)28(17(18)3)22-9-5-20(25)6-10-22/h5-14H,4H2,1-3H3,(H,27,29)/b19-14+. The maximum atomic E-state index is 12.6. The Morgan fingerprint density at radius 3 is 2.43 bits per heavy atom. The second-order valence-corrected chi connectivity index (χ2v) is 7.64. The van der Waals surface area contributed by atoms with Crippen LogP contribution in [0, 0.1) is 25.2 Å². The predicted molar refractivity (Wildman–Crippen MR) is 123 cm³/mol. The molecule has 152 valence electrons. The van der Waals surface area contributed by atoms with Gasteiger partial charge in [-0.25, -0.2) is 0 Å². The molecule has 0 fully saturated rings. The third-order valence-electron chi connectivity index (χ3n) is 4.64. The summed E-state index contributed by atoms with van der Waals surface area (Å²) in [5.41, 5.74) is 4.46. The van der Waals surface area contributed by atoms with E-state index in [1.54, 1.807) is 30.3 Å². The molecule has 0 spiro atoms. The van der Waals surface area contributed by atoms with Gasteiger partial charge in [0.15, 0.2) is 0 Å². The van der Waals surface area contributed by atoms with Crippen LogP contribution in [0.3, 0.4) is 0 Å². The van der Waals surface area contributed by atoms with Crippen molar-refractivity contribution in [2.75, 3.05) is 11.9 Å². The SMILES string of the molecule is CCOc1ccc(NC(=O)/C(C#N)=C/c2cc(C)n(-c3ccc(Br)cc3)c2C)cc1. The lowest BCUT2D eigenvalue weighted by molar-refractivity contribution is -0.112. The van der Waals surface area contributed by atoms with Gasteiger partial charge in [0.1, 0.15) is 17.4 Å². The van der Waals surface area contributed by atoms with Crippen molar-refractivity contribution in [3.63, 3.8) is 0 Å². The summed E-state index contributed by atoms with van der Waals surface area (Å²) in [5, 5.41) is 12.3. The molecule has 6 heteroatoms. The van der Waals surface area contributed by atoms with Crippen LogP contribution >= 0.6 is 15.9 Å². The van der Waals surface area contributed by atoms with Crippen LogP contribution < -0.4 is 10.1 Å². The first kappa shape index (κ1) is 21.4. The highest BCUT2D eigenvalue weighted by Crippen LogP contribution is 2.24. The summed E-state index contributed by atoms with van der Waals surface area (Å²) in [6, 6.07) is 19.0. The Labute approximate surface area is 184 Å². The second-order valence-electron chi connectivity index (χ2n) is 6.72. The Balaban J connectivity index is 1.85. The number of nitriles is 1. The number of carbonyl (C=O) groups is 1. The van der Waals surface area contributed by atoms with Gasteiger partial charge in [0, 0.05) is 27.2 Å². The van der Waals surface area contributed by atoms with Gasteiger partial charge in [-0.3, -0.25) is 4.79 Å². The number of nitrogens with zero attached hydrogens (tertiary/aromatic N) is 2. The van der Waals surface area contributed by atoms with E-state index in [4.69, 9.17) is 4.74 Å². The molecule has 30 heavy (non-hydrogen) atoms. The quantitative estimate of drug-likeness (QED) is 0.370. The highest BCUT2D eigenvalue weighted by atomic mass is 79.9. The second kappa shape index (κ2) is 9.47. The maximum Gasteiger partial charge on any atom is 0.266 e. The Kier molecular flexibility index (Phi) is 6.76. The van der Waals surface area contributed by atoms with Crippen molar-refractivity contribution in [3.05, 3.63) is 81.6 Å². The number of carbonyl (C=O) groups excluding carboxylic acids is 1. The number of hydrogen-bond acceptors (Lipinski definition) is 3. The normalized spacial score (nSPS) is 11.1. The summed E-state index contributed by atoms with van der Waals surface area (Å²) in [4.78, 5) is 12.6. The molecule has 0 unspecified atom stereocenters. The van der Waals surface area contributed by atoms with Crippen LogP contribution in [0.25, 0.3) is 11.8 Å². The maximum absolute atomic E-state index is 12.6. The average Bonchev–Trinajstić information content (AvgIpc) is 3.01. The van der Waals surface area contributed by atoms with Gasteiger partial charge < -0.3 is 14.6 Å². The van der Waals surface area contributed by atoms with Crippen LogP contribution in [0.5, 0.6) is 5.75 Å². The van der Waals surface area contributed by atoms with Gasteiger partial charge in [0.05, 0.1) is 6.61 Å². The largest absolute Gasteiger partial charge is 0.494 e. The van der Waals surface area contributed by atoms with E-state index in [0.29, 0.717) is 12.3 Å². The van der Waals surface area contributed by atoms with Crippen LogP contribution in [0.2, 0.25) is 0 Å². The number of rotatable bonds is 6. The predicted octanol–water partition coefficient (Wildman–Crippen LogP) is 5.80. The molecule has 0 aliphatic rings. The number of nitrogens with one attached hydrogen (secondary N) is 1. The number of anilines is 1. The van der Waals surface area contributed by atoms with Gasteiger partial charge in [-0.1, -0.05) is 15.9 Å². The number of aryl methyl sites for hydroxylation is 1. The molecule has 0 saturated heterocycles. The van der Waals surface area contributed by atoms with Crippen molar-refractivity contribution in [1.82, 2.24) is 4.57 Å². The highest BCUT2D eigenvalue weighted by Gasteiger charge is 2.14. The summed E-state index contributed by atoms with van der Waals surface area (Å²) in [7, 11) is 0. The van der Waals surface area contributed by atoms with Crippen LogP contribution in [-0.2, 0) is 4.79 Å². The third kappa shape index (κ3) is 4.81. The summed E-state index contributed by atoms with van der Waals surface area (Å²) in [5.74, 6) is 0.280. The first-order valence-corrected chi connectivity index (χ1v) is 10.3. The molecular formula is C24H22BrN3O2. The summed E-state index contributed by atoms with van der Waals surface area (Å²) >= 11 is 3.45. The first-order valence-electron chi connectivity index (χ1n) is 9.53. The van der Waals surface area contributed by atoms with Crippen LogP contribution in [0.15, 0.2) is 64.6 Å². The number of aromatic nitrogens is 1. The van der Waals surface area contributed by atoms with Crippen molar-refractivity contribution in [3.8, 4) is 17.5 Å². The molecule has 2 aromatic carbocycles. The Morgan fingerprint density at radius 2 is 1.83 bits per heavy atom. The van der Waals surface area contributed by atoms with Crippen LogP contribution in [0.4, 0.5) is 5.69 Å². The van der Waals surface area contributed by atoms with Crippen molar-refractivity contribution >= 4 is 33.6 Å². The van der Waals surface area contributed by atoms with Crippen molar-refractivity contribution < 1.29 is 9.53 Å². The number of hydrogen-bond donors (Lipinski definition) is 1. The van der Waals surface area contributed by atoms with Gasteiger partial charge >= 0.3 is 0 Å². The smallest absolute Gasteiger partial charge is 0.266 e. The fraction of sp³-hybridized carbons (Fsp3) is 0.167. The summed E-state index contributed by atoms with van der Waals surface area (Å²) in [6.07, 6.45) is 1.63. The van der Waals surface area contributed by atoms with Crippen molar-refractivity contribution in [2.24, 2.45) is 0 Å². The summed E-state index contributed by atoms with van der Waals surface area (Å²) in [6.45, 7) is 6.46. The van der Waals surface area contributed by atoms with Gasteiger partial charge in [0.25, 0.3) is 5.91 Å². The summed E-state index contributed by atoms with van der Waals surface area (Å²) < 4.78 is 8.50. The lowest BCUT2D eigenvalue weighted by Gasteiger charge is -2.10. The average molecular weight is 464 g/mol. The van der Waals surface area contributed by atoms with E-state index < -0.39 is 5.91 Å². The zero-order valence-electron chi connectivity index (χ0n) is 17.1. The van der Waals surface area contributed by atoms with E-state index in [1.165, 1.54) is 0 Å². The van der Waals surface area contributed by atoms with E-state index in [2.05, 4.69) is 25.8 Å². The zero-order valence-corrected chi connectivity index (χ0v) is 18.7. The van der Waals surface area contributed by atoms with Gasteiger partial charge in [-0.05, 0) is 87.0 Å². The molecule has 0 radical (unpaired) electrons. The molecule has 1 N–H and O–H groups in total. The molecule has 3 rings (SSSR count). The molecule has 0 saturated carbocycles. The monoisotopic (exact) mass is 463 g/mol. The van der Waals surface area contributed by atoms with Crippen molar-refractivity contribution in [2.45, 2.75) is 20.8 Å². The molecule has 0 bridgehead atoms. The lowest BCUT2D eigenvalue weighted by Crippen LogP contribution is -2.13. The molecule has 1 heterocycles. The molecular weight excluding hydrogens is 442 g/mol. The molecule has 3 aromatic rings. The van der Waals surface area contributed by atoms with E-state index in [1.807, 2.05) is 57.2 Å². The molecule has 0 atom stereocenters. The zero-order chi connectivity index (χ0) is 21.7. The van der Waals surface area contributed by atoms with E-state index in [9.17, 15) is 10.1 Å². The van der Waals surface area contributed by atoms with E-state index in [-0.39, 0.29) is 5.57 Å². The van der Waals surface area contributed by atoms with Crippen LogP contribution in [0.1, 0.15) is 23.9 Å². The molecule has 0 aliphatic carbocycles. The third-order valence-corrected chi connectivity index (χ3v) is 5.17. The Morgan fingerprint density at radius 1 is 1.17 bits per heavy atom. The van der Waals surface area contributed by atoms with Gasteiger partial charge in [0.2, 0.25) is 0 Å². The van der Waals surface area contributed by atoms with Crippen molar-refractivity contribution in [1.29, 1.82) is 5.26 Å². The number of amides is 1. The fourth-order valence-electron chi connectivity index (χ4n) is 3.22.